The van der Waals surface area contributed by atoms with Gasteiger partial charge in [0.25, 0.3) is 5.69 Å². The van der Waals surface area contributed by atoms with Crippen LogP contribution in [0.3, 0.4) is 0 Å². The van der Waals surface area contributed by atoms with Gasteiger partial charge in [0.2, 0.25) is 0 Å². The van der Waals surface area contributed by atoms with Gasteiger partial charge in [-0.2, -0.15) is 5.10 Å². The molecule has 2 aromatic carbocycles. The van der Waals surface area contributed by atoms with Gasteiger partial charge in [-0.25, -0.2) is 4.98 Å². The number of non-ortho nitro benzene ring substituents is 1. The highest BCUT2D eigenvalue weighted by atomic mass is 32.1. The molecule has 0 radical (unpaired) electrons. The van der Waals surface area contributed by atoms with Crippen LogP contribution in [0.15, 0.2) is 54.0 Å². The fourth-order valence-electron chi connectivity index (χ4n) is 4.05. The molecule has 3 heterocycles. The molecule has 1 aliphatic heterocycles. The molecule has 170 valence electrons. The van der Waals surface area contributed by atoms with Gasteiger partial charge in [0.15, 0.2) is 0 Å². The normalized spacial score (nSPS) is 15.2. The molecule has 0 spiro atoms. The Bertz CT molecular complexity index is 1260. The largest absolute Gasteiger partial charge is 0.497 e. The summed E-state index contributed by atoms with van der Waals surface area (Å²) in [6.07, 6.45) is 1.70. The van der Waals surface area contributed by atoms with E-state index < -0.39 is 0 Å². The van der Waals surface area contributed by atoms with Crippen LogP contribution in [0, 0.1) is 10.1 Å². The van der Waals surface area contributed by atoms with Crippen molar-refractivity contribution in [2.75, 3.05) is 33.3 Å². The number of methoxy groups -OCH3 is 1. The first kappa shape index (κ1) is 21.5. The molecule has 0 bridgehead atoms. The topological polar surface area (TPSA) is 89.6 Å². The lowest BCUT2D eigenvalue weighted by Gasteiger charge is -2.34. The standard InChI is InChI=1S/C23H24N6O3S/c1-32-21-5-2-17(3-6-21)23-25-19(15-33-23)14-26-8-10-27(11-9-26)16-28-22-7-4-20(29(30)31)12-18(22)13-24-28/h2-7,12-13,15H,8-11,14,16H2,1H3. The Morgan fingerprint density at radius 1 is 1.09 bits per heavy atom. The molecule has 1 aliphatic rings. The summed E-state index contributed by atoms with van der Waals surface area (Å²) in [5.74, 6) is 0.845. The number of nitro benzene ring substituents is 1. The van der Waals surface area contributed by atoms with Crippen molar-refractivity contribution in [3.63, 3.8) is 0 Å². The summed E-state index contributed by atoms with van der Waals surface area (Å²) in [6.45, 7) is 5.30. The predicted octanol–water partition coefficient (Wildman–Crippen LogP) is 3.85. The first-order valence-corrected chi connectivity index (χ1v) is 11.6. The van der Waals surface area contributed by atoms with E-state index in [1.807, 2.05) is 28.9 Å². The van der Waals surface area contributed by atoms with Crippen LogP contribution in [0.25, 0.3) is 21.5 Å². The molecule has 0 N–H and O–H groups in total. The molecular formula is C23H24N6O3S. The minimum Gasteiger partial charge on any atom is -0.497 e. The van der Waals surface area contributed by atoms with Crippen molar-refractivity contribution < 1.29 is 9.66 Å². The molecule has 4 aromatic rings. The van der Waals surface area contributed by atoms with Crippen molar-refractivity contribution in [1.29, 1.82) is 0 Å². The van der Waals surface area contributed by atoms with Crippen molar-refractivity contribution in [2.45, 2.75) is 13.2 Å². The Labute approximate surface area is 195 Å². The second-order valence-electron chi connectivity index (χ2n) is 8.05. The molecule has 0 aliphatic carbocycles. The fraction of sp³-hybridized carbons (Fsp3) is 0.304. The van der Waals surface area contributed by atoms with E-state index in [1.165, 1.54) is 6.07 Å². The Kier molecular flexibility index (Phi) is 6.03. The number of hydrogen-bond donors (Lipinski definition) is 0. The van der Waals surface area contributed by atoms with Gasteiger partial charge in [0, 0.05) is 61.2 Å². The lowest BCUT2D eigenvalue weighted by Crippen LogP contribution is -2.46. The second-order valence-corrected chi connectivity index (χ2v) is 8.91. The highest BCUT2D eigenvalue weighted by Gasteiger charge is 2.19. The smallest absolute Gasteiger partial charge is 0.270 e. The molecule has 0 amide bonds. The maximum Gasteiger partial charge on any atom is 0.270 e. The molecule has 0 unspecified atom stereocenters. The predicted molar refractivity (Wildman–Crippen MR) is 127 cm³/mol. The summed E-state index contributed by atoms with van der Waals surface area (Å²) in [7, 11) is 1.67. The Balaban J connectivity index is 1.16. The van der Waals surface area contributed by atoms with Gasteiger partial charge in [-0.1, -0.05) is 0 Å². The summed E-state index contributed by atoms with van der Waals surface area (Å²) in [5, 5.41) is 19.4. The second kappa shape index (κ2) is 9.26. The third-order valence-corrected chi connectivity index (χ3v) is 6.85. The van der Waals surface area contributed by atoms with E-state index in [1.54, 1.807) is 36.8 Å². The first-order chi connectivity index (χ1) is 16.1. The van der Waals surface area contributed by atoms with Crippen LogP contribution in [0.4, 0.5) is 5.69 Å². The van der Waals surface area contributed by atoms with E-state index in [4.69, 9.17) is 9.72 Å². The van der Waals surface area contributed by atoms with Crippen LogP contribution in [0.2, 0.25) is 0 Å². The zero-order chi connectivity index (χ0) is 22.8. The number of thiazole rings is 1. The van der Waals surface area contributed by atoms with Crippen LogP contribution >= 0.6 is 11.3 Å². The minimum atomic E-state index is -0.377. The van der Waals surface area contributed by atoms with Crippen molar-refractivity contribution in [3.8, 4) is 16.3 Å². The molecule has 33 heavy (non-hydrogen) atoms. The van der Waals surface area contributed by atoms with Crippen LogP contribution in [0.1, 0.15) is 5.69 Å². The Hall–Kier alpha value is -3.34. The first-order valence-electron chi connectivity index (χ1n) is 10.7. The number of rotatable bonds is 7. The summed E-state index contributed by atoms with van der Waals surface area (Å²) >= 11 is 1.67. The minimum absolute atomic E-state index is 0.0906. The number of piperazine rings is 1. The number of hydrogen-bond acceptors (Lipinski definition) is 8. The SMILES string of the molecule is COc1ccc(-c2nc(CN3CCN(Cn4ncc5cc([N+](=O)[O-])ccc54)CC3)cs2)cc1. The molecular weight excluding hydrogens is 440 g/mol. The quantitative estimate of drug-likeness (QED) is 0.303. The van der Waals surface area contributed by atoms with Gasteiger partial charge in [-0.05, 0) is 30.3 Å². The molecule has 9 nitrogen and oxygen atoms in total. The fourth-order valence-corrected chi connectivity index (χ4v) is 4.87. The van der Waals surface area contributed by atoms with E-state index in [0.717, 1.165) is 65.6 Å². The van der Waals surface area contributed by atoms with Crippen LogP contribution in [0.5, 0.6) is 5.75 Å². The number of benzene rings is 2. The van der Waals surface area contributed by atoms with Gasteiger partial charge in [-0.15, -0.1) is 11.3 Å². The molecule has 5 rings (SSSR count). The molecule has 1 saturated heterocycles. The number of ether oxygens (including phenoxy) is 1. The number of nitro groups is 1. The Morgan fingerprint density at radius 2 is 1.85 bits per heavy atom. The lowest BCUT2D eigenvalue weighted by atomic mass is 10.2. The average Bonchev–Trinajstić information content (AvgIpc) is 3.47. The molecule has 2 aromatic heterocycles. The maximum absolute atomic E-state index is 11.0. The van der Waals surface area contributed by atoms with Crippen LogP contribution in [-0.2, 0) is 13.2 Å². The summed E-state index contributed by atoms with van der Waals surface area (Å²) in [4.78, 5) is 20.2. The zero-order valence-electron chi connectivity index (χ0n) is 18.3. The van der Waals surface area contributed by atoms with Crippen molar-refractivity contribution in [3.05, 3.63) is 69.8 Å². The lowest BCUT2D eigenvalue weighted by molar-refractivity contribution is -0.384. The summed E-state index contributed by atoms with van der Waals surface area (Å²) < 4.78 is 7.14. The van der Waals surface area contributed by atoms with Gasteiger partial charge >= 0.3 is 0 Å². The molecule has 10 heteroatoms. The van der Waals surface area contributed by atoms with Crippen molar-refractivity contribution >= 4 is 27.9 Å². The van der Waals surface area contributed by atoms with Gasteiger partial charge in [0.1, 0.15) is 10.8 Å². The monoisotopic (exact) mass is 464 g/mol. The van der Waals surface area contributed by atoms with Gasteiger partial charge in [0.05, 0.1) is 36.1 Å². The summed E-state index contributed by atoms with van der Waals surface area (Å²) in [6, 6.07) is 12.9. The van der Waals surface area contributed by atoms with E-state index in [2.05, 4.69) is 20.3 Å². The number of fused-ring (bicyclic) bond motifs is 1. The van der Waals surface area contributed by atoms with Gasteiger partial charge < -0.3 is 4.74 Å². The van der Waals surface area contributed by atoms with E-state index >= 15 is 0 Å². The molecule has 0 saturated carbocycles. The van der Waals surface area contributed by atoms with E-state index in [-0.39, 0.29) is 10.6 Å². The van der Waals surface area contributed by atoms with Crippen LogP contribution in [-0.4, -0.2) is 62.8 Å². The molecule has 0 atom stereocenters. The van der Waals surface area contributed by atoms with Crippen LogP contribution < -0.4 is 4.74 Å². The highest BCUT2D eigenvalue weighted by molar-refractivity contribution is 7.13. The molecule has 1 fully saturated rings. The van der Waals surface area contributed by atoms with E-state index in [0.29, 0.717) is 6.67 Å². The third kappa shape index (κ3) is 4.72. The average molecular weight is 465 g/mol. The highest BCUT2D eigenvalue weighted by Crippen LogP contribution is 2.26. The Morgan fingerprint density at radius 3 is 2.58 bits per heavy atom. The third-order valence-electron chi connectivity index (χ3n) is 5.91. The van der Waals surface area contributed by atoms with Crippen molar-refractivity contribution in [2.24, 2.45) is 0 Å². The van der Waals surface area contributed by atoms with Gasteiger partial charge in [-0.3, -0.25) is 24.6 Å². The maximum atomic E-state index is 11.0. The summed E-state index contributed by atoms with van der Waals surface area (Å²) in [5.41, 5.74) is 3.21. The zero-order valence-corrected chi connectivity index (χ0v) is 19.1. The van der Waals surface area contributed by atoms with Crippen molar-refractivity contribution in [1.82, 2.24) is 24.6 Å². The van der Waals surface area contributed by atoms with E-state index in [9.17, 15) is 10.1 Å². The number of aromatic nitrogens is 3. The number of nitrogens with zero attached hydrogens (tertiary/aromatic N) is 6.